The number of thioether (sulfide) groups is 2. The van der Waals surface area contributed by atoms with Crippen molar-refractivity contribution in [3.05, 3.63) is 16.3 Å². The normalized spacial score (nSPS) is 21.9. The number of aliphatic carboxylic acids is 1. The molecule has 12 heteroatoms. The summed E-state index contributed by atoms with van der Waals surface area (Å²) in [6.07, 6.45) is 0. The average Bonchev–Trinajstić information content (AvgIpc) is 3.02. The number of β-lactam (4-membered cyclic amide) rings is 1. The van der Waals surface area contributed by atoms with Gasteiger partial charge in [-0.3, -0.25) is 9.69 Å². The van der Waals surface area contributed by atoms with Gasteiger partial charge in [0.1, 0.15) is 22.1 Å². The van der Waals surface area contributed by atoms with Gasteiger partial charge in [-0.2, -0.15) is 0 Å². The van der Waals surface area contributed by atoms with E-state index in [2.05, 4.69) is 20.8 Å². The topological polar surface area (TPSA) is 125 Å². The monoisotopic (exact) mass is 415 g/mol. The highest BCUT2D eigenvalue weighted by molar-refractivity contribution is 8.01. The number of carboxylic acid groups (broad SMARTS) is 1. The molecule has 0 saturated carbocycles. The van der Waals surface area contributed by atoms with Crippen LogP contribution in [0.3, 0.4) is 0 Å². The first-order valence-electron chi connectivity index (χ1n) is 7.79. The van der Waals surface area contributed by atoms with Gasteiger partial charge in [-0.15, -0.1) is 22.0 Å². The molecule has 3 amide bonds. The van der Waals surface area contributed by atoms with Crippen LogP contribution in [0.25, 0.3) is 0 Å². The van der Waals surface area contributed by atoms with Crippen LogP contribution in [0.4, 0.5) is 4.79 Å². The van der Waals surface area contributed by atoms with Crippen LogP contribution < -0.4 is 10.6 Å². The Balaban J connectivity index is 1.73. The van der Waals surface area contributed by atoms with Gasteiger partial charge in [-0.25, -0.2) is 9.59 Å². The summed E-state index contributed by atoms with van der Waals surface area (Å²) in [4.78, 5) is 37.1. The van der Waals surface area contributed by atoms with Gasteiger partial charge in [0.25, 0.3) is 5.91 Å². The molecule has 140 valence electrons. The van der Waals surface area contributed by atoms with Crippen molar-refractivity contribution in [3.63, 3.8) is 0 Å². The van der Waals surface area contributed by atoms with Gasteiger partial charge in [0.05, 0.1) is 0 Å². The van der Waals surface area contributed by atoms with Crippen molar-refractivity contribution < 1.29 is 19.5 Å². The van der Waals surface area contributed by atoms with Crippen LogP contribution >= 0.6 is 34.9 Å². The second-order valence-corrected chi connectivity index (χ2v) is 9.03. The molecule has 3 rings (SSSR count). The van der Waals surface area contributed by atoms with Crippen LogP contribution in [0.5, 0.6) is 0 Å². The Hall–Kier alpha value is -1.79. The summed E-state index contributed by atoms with van der Waals surface area (Å²) in [5.41, 5.74) is 0.683. The predicted octanol–water partition coefficient (Wildman–Crippen LogP) is 0.880. The maximum Gasteiger partial charge on any atom is 0.352 e. The number of aryl methyl sites for hydroxylation is 1. The van der Waals surface area contributed by atoms with Crippen LogP contribution in [-0.2, 0) is 9.59 Å². The predicted molar refractivity (Wildman–Crippen MR) is 99.1 cm³/mol. The number of carboxylic acids is 1. The summed E-state index contributed by atoms with van der Waals surface area (Å²) < 4.78 is 0.762. The first-order valence-corrected chi connectivity index (χ1v) is 10.6. The Morgan fingerprint density at radius 3 is 2.81 bits per heavy atom. The Morgan fingerprint density at radius 1 is 1.42 bits per heavy atom. The first kappa shape index (κ1) is 19.0. The highest BCUT2D eigenvalue weighted by Gasteiger charge is 2.54. The number of amides is 3. The van der Waals surface area contributed by atoms with Gasteiger partial charge in [-0.05, 0) is 19.4 Å². The zero-order valence-electron chi connectivity index (χ0n) is 14.0. The third-order valence-electron chi connectivity index (χ3n) is 3.75. The van der Waals surface area contributed by atoms with E-state index >= 15 is 0 Å². The summed E-state index contributed by atoms with van der Waals surface area (Å²) >= 11 is 4.30. The van der Waals surface area contributed by atoms with Crippen LogP contribution in [-0.4, -0.2) is 67.6 Å². The van der Waals surface area contributed by atoms with E-state index < -0.39 is 29.3 Å². The number of urea groups is 1. The van der Waals surface area contributed by atoms with Crippen molar-refractivity contribution in [2.75, 3.05) is 18.1 Å². The molecule has 0 spiro atoms. The van der Waals surface area contributed by atoms with E-state index in [1.807, 2.05) is 6.92 Å². The largest absolute Gasteiger partial charge is 0.477 e. The van der Waals surface area contributed by atoms with Crippen LogP contribution in [0.2, 0.25) is 0 Å². The van der Waals surface area contributed by atoms with Crippen molar-refractivity contribution >= 4 is 52.8 Å². The molecule has 1 saturated heterocycles. The molecular formula is C14H17N5O4S3. The van der Waals surface area contributed by atoms with Crippen LogP contribution in [0, 0.1) is 6.92 Å². The Bertz CT molecular complexity index is 780. The fourth-order valence-corrected chi connectivity index (χ4v) is 5.93. The number of carbonyl (C=O) groups is 3. The molecule has 2 aliphatic rings. The van der Waals surface area contributed by atoms with E-state index in [0.29, 0.717) is 23.6 Å². The molecule has 3 N–H and O–H groups in total. The summed E-state index contributed by atoms with van der Waals surface area (Å²) in [6, 6.07) is -1.14. The van der Waals surface area contributed by atoms with Crippen LogP contribution in [0.15, 0.2) is 15.6 Å². The SMILES string of the molecule is CCNC(=O)NC1C(=O)N2C(C(=O)O)=C(CSc3nnc(C)s3)CS[C@@H]12. The number of hydrogen-bond acceptors (Lipinski definition) is 8. The highest BCUT2D eigenvalue weighted by atomic mass is 32.2. The van der Waals surface area contributed by atoms with Crippen LogP contribution in [0.1, 0.15) is 11.9 Å². The maximum atomic E-state index is 12.4. The van der Waals surface area contributed by atoms with Crippen molar-refractivity contribution in [2.45, 2.75) is 29.6 Å². The summed E-state index contributed by atoms with van der Waals surface area (Å²) in [5.74, 6) is -0.632. The minimum Gasteiger partial charge on any atom is -0.477 e. The highest BCUT2D eigenvalue weighted by Crippen LogP contribution is 2.41. The van der Waals surface area contributed by atoms with E-state index in [1.165, 1.54) is 39.8 Å². The van der Waals surface area contributed by atoms with Gasteiger partial charge in [0.2, 0.25) is 0 Å². The molecule has 3 heterocycles. The van der Waals surface area contributed by atoms with Gasteiger partial charge >= 0.3 is 12.0 Å². The van der Waals surface area contributed by atoms with E-state index in [4.69, 9.17) is 0 Å². The molecule has 0 aromatic carbocycles. The fourth-order valence-electron chi connectivity index (χ4n) is 2.63. The summed E-state index contributed by atoms with van der Waals surface area (Å²) in [6.45, 7) is 4.07. The number of aromatic nitrogens is 2. The van der Waals surface area contributed by atoms with E-state index in [-0.39, 0.29) is 5.70 Å². The second-order valence-electron chi connectivity index (χ2n) is 5.52. The van der Waals surface area contributed by atoms with Crippen molar-refractivity contribution in [2.24, 2.45) is 0 Å². The number of hydrogen-bond donors (Lipinski definition) is 3. The molecule has 0 aliphatic carbocycles. The Labute approximate surface area is 162 Å². The lowest BCUT2D eigenvalue weighted by Gasteiger charge is -2.49. The second kappa shape index (κ2) is 7.84. The quantitative estimate of drug-likeness (QED) is 0.462. The first-order chi connectivity index (χ1) is 12.4. The summed E-state index contributed by atoms with van der Waals surface area (Å²) in [5, 5.41) is 23.2. The standard InChI is InChI=1S/C14H17N5O4S3/c1-3-15-13(23)16-8-10(20)19-9(12(21)22)7(4-24-11(8)19)5-25-14-18-17-6(2)26-14/h8,11H,3-5H2,1-2H3,(H,21,22)(H2,15,16,23)/t8?,11-/m0/s1. The lowest BCUT2D eigenvalue weighted by atomic mass is 10.0. The molecule has 1 unspecified atom stereocenters. The van der Waals surface area contributed by atoms with E-state index in [1.54, 1.807) is 6.92 Å². The average molecular weight is 416 g/mol. The molecule has 26 heavy (non-hydrogen) atoms. The van der Waals surface area contributed by atoms with E-state index in [0.717, 1.165) is 9.35 Å². The molecular weight excluding hydrogens is 398 g/mol. The molecule has 1 fully saturated rings. The maximum absolute atomic E-state index is 12.4. The molecule has 0 bridgehead atoms. The zero-order chi connectivity index (χ0) is 18.8. The van der Waals surface area contributed by atoms with Gasteiger partial charge in [0, 0.05) is 18.1 Å². The number of carbonyl (C=O) groups excluding carboxylic acids is 2. The third kappa shape index (κ3) is 3.67. The number of rotatable bonds is 6. The lowest BCUT2D eigenvalue weighted by molar-refractivity contribution is -0.148. The zero-order valence-corrected chi connectivity index (χ0v) is 16.5. The molecule has 2 aliphatic heterocycles. The third-order valence-corrected chi connectivity index (χ3v) is 7.15. The number of nitrogens with one attached hydrogen (secondary N) is 2. The van der Waals surface area contributed by atoms with Crippen molar-refractivity contribution in [1.29, 1.82) is 0 Å². The number of fused-ring (bicyclic) bond motifs is 1. The van der Waals surface area contributed by atoms with Gasteiger partial charge < -0.3 is 15.7 Å². The lowest BCUT2D eigenvalue weighted by Crippen LogP contribution is -2.71. The molecule has 0 radical (unpaired) electrons. The van der Waals surface area contributed by atoms with Gasteiger partial charge in [-0.1, -0.05) is 23.1 Å². The van der Waals surface area contributed by atoms with E-state index in [9.17, 15) is 19.5 Å². The molecule has 2 atom stereocenters. The molecule has 1 aromatic heterocycles. The molecule has 1 aromatic rings. The van der Waals surface area contributed by atoms with Crippen molar-refractivity contribution in [3.8, 4) is 0 Å². The fraction of sp³-hybridized carbons (Fsp3) is 0.500. The minimum absolute atomic E-state index is 0.0152. The summed E-state index contributed by atoms with van der Waals surface area (Å²) in [7, 11) is 0. The number of nitrogens with zero attached hydrogens (tertiary/aromatic N) is 3. The smallest absolute Gasteiger partial charge is 0.352 e. The Morgan fingerprint density at radius 2 is 2.19 bits per heavy atom. The minimum atomic E-state index is -1.14. The van der Waals surface area contributed by atoms with Crippen molar-refractivity contribution in [1.82, 2.24) is 25.7 Å². The van der Waals surface area contributed by atoms with Gasteiger partial charge in [0.15, 0.2) is 4.34 Å². The Kier molecular flexibility index (Phi) is 5.73. The molecule has 9 nitrogen and oxygen atoms in total.